The van der Waals surface area contributed by atoms with Crippen molar-refractivity contribution in [3.63, 3.8) is 0 Å². The van der Waals surface area contributed by atoms with Crippen LogP contribution in [0.2, 0.25) is 0 Å². The molecule has 2 N–H and O–H groups in total. The van der Waals surface area contributed by atoms with Crippen molar-refractivity contribution >= 4 is 27.5 Å². The number of aryl methyl sites for hydroxylation is 1. The van der Waals surface area contributed by atoms with E-state index in [1.807, 2.05) is 31.2 Å². The van der Waals surface area contributed by atoms with Gasteiger partial charge in [-0.2, -0.15) is 0 Å². The molecule has 2 rings (SSSR count). The maximum absolute atomic E-state index is 12.0. The number of anilines is 1. The van der Waals surface area contributed by atoms with Crippen LogP contribution in [0.25, 0.3) is 0 Å². The number of halogens is 1. The summed E-state index contributed by atoms with van der Waals surface area (Å²) >= 11 is 3.17. The number of hydrogen-bond acceptors (Lipinski definition) is 2. The molecular weight excluding hydrogens is 294 g/mol. The number of nitrogens with one attached hydrogen (secondary N) is 1. The zero-order chi connectivity index (χ0) is 13.1. The van der Waals surface area contributed by atoms with Gasteiger partial charge in [-0.15, -0.1) is 0 Å². The van der Waals surface area contributed by atoms with Gasteiger partial charge < -0.3 is 10.4 Å². The number of phenols is 1. The van der Waals surface area contributed by atoms with Crippen molar-refractivity contribution in [3.05, 3.63) is 58.1 Å². The second-order valence-corrected chi connectivity index (χ2v) is 4.84. The summed E-state index contributed by atoms with van der Waals surface area (Å²) in [6.07, 6.45) is 0. The maximum atomic E-state index is 12.0. The third-order valence-electron chi connectivity index (χ3n) is 2.48. The average Bonchev–Trinajstić information content (AvgIpc) is 2.32. The molecule has 0 aliphatic heterocycles. The molecule has 0 aromatic heterocycles. The predicted molar refractivity (Wildman–Crippen MR) is 74.9 cm³/mol. The molecule has 0 atom stereocenters. The van der Waals surface area contributed by atoms with Crippen molar-refractivity contribution in [1.82, 2.24) is 0 Å². The molecule has 1 amide bonds. The normalized spacial score (nSPS) is 10.1. The van der Waals surface area contributed by atoms with Gasteiger partial charge in [0.15, 0.2) is 0 Å². The van der Waals surface area contributed by atoms with E-state index in [2.05, 4.69) is 21.2 Å². The Bertz CT molecular complexity index is 596. The molecule has 4 heteroatoms. The molecule has 0 fully saturated rings. The quantitative estimate of drug-likeness (QED) is 0.888. The Labute approximate surface area is 114 Å². The molecule has 0 spiro atoms. The zero-order valence-corrected chi connectivity index (χ0v) is 11.4. The second kappa shape index (κ2) is 5.23. The van der Waals surface area contributed by atoms with E-state index in [4.69, 9.17) is 0 Å². The minimum atomic E-state index is -0.247. The first-order chi connectivity index (χ1) is 8.56. The van der Waals surface area contributed by atoms with E-state index in [-0.39, 0.29) is 11.7 Å². The Kier molecular flexibility index (Phi) is 3.67. The fourth-order valence-corrected chi connectivity index (χ4v) is 1.83. The lowest BCUT2D eigenvalue weighted by Crippen LogP contribution is -2.11. The molecule has 0 heterocycles. The van der Waals surface area contributed by atoms with Crippen LogP contribution >= 0.6 is 15.9 Å². The molecule has 3 nitrogen and oxygen atoms in total. The Morgan fingerprint density at radius 2 is 2.00 bits per heavy atom. The lowest BCUT2D eigenvalue weighted by atomic mass is 10.2. The molecule has 0 aliphatic carbocycles. The average molecular weight is 306 g/mol. The lowest BCUT2D eigenvalue weighted by Gasteiger charge is -2.06. The second-order valence-electron chi connectivity index (χ2n) is 3.99. The molecule has 18 heavy (non-hydrogen) atoms. The van der Waals surface area contributed by atoms with Crippen LogP contribution in [0.4, 0.5) is 5.69 Å². The highest BCUT2D eigenvalue weighted by Gasteiger charge is 2.08. The summed E-state index contributed by atoms with van der Waals surface area (Å²) < 4.78 is 0.564. The molecule has 2 aromatic carbocycles. The molecule has 0 saturated heterocycles. The van der Waals surface area contributed by atoms with Gasteiger partial charge in [0.2, 0.25) is 0 Å². The predicted octanol–water partition coefficient (Wildman–Crippen LogP) is 3.72. The highest BCUT2D eigenvalue weighted by Crippen LogP contribution is 2.24. The van der Waals surface area contributed by atoms with Crippen LogP contribution in [0.5, 0.6) is 5.75 Å². The molecule has 0 radical (unpaired) electrons. The lowest BCUT2D eigenvalue weighted by molar-refractivity contribution is 0.102. The van der Waals surface area contributed by atoms with Gasteiger partial charge >= 0.3 is 0 Å². The number of hydrogen-bond donors (Lipinski definition) is 2. The van der Waals surface area contributed by atoms with Crippen molar-refractivity contribution in [3.8, 4) is 5.75 Å². The van der Waals surface area contributed by atoms with Gasteiger partial charge in [-0.1, -0.05) is 12.1 Å². The molecule has 0 saturated carbocycles. The largest absolute Gasteiger partial charge is 0.507 e. The van der Waals surface area contributed by atoms with Crippen molar-refractivity contribution in [1.29, 1.82) is 0 Å². The molecule has 0 bridgehead atoms. The summed E-state index contributed by atoms with van der Waals surface area (Å²) in [5, 5.41) is 12.3. The number of rotatable bonds is 2. The van der Waals surface area contributed by atoms with Crippen LogP contribution in [0.1, 0.15) is 15.9 Å². The Hall–Kier alpha value is -1.81. The summed E-state index contributed by atoms with van der Waals surface area (Å²) in [5.74, 6) is -0.199. The Morgan fingerprint density at radius 1 is 1.22 bits per heavy atom. The van der Waals surface area contributed by atoms with E-state index in [9.17, 15) is 9.90 Å². The Balaban J connectivity index is 2.19. The Morgan fingerprint density at radius 3 is 2.67 bits per heavy atom. The van der Waals surface area contributed by atoms with Crippen LogP contribution in [0, 0.1) is 6.92 Å². The summed E-state index contributed by atoms with van der Waals surface area (Å²) in [7, 11) is 0. The van der Waals surface area contributed by atoms with Crippen LogP contribution in [-0.2, 0) is 0 Å². The summed E-state index contributed by atoms with van der Waals surface area (Å²) in [6, 6.07) is 12.3. The standard InChI is InChI=1S/C14H12BrNO2/c1-9-3-2-4-11(7-9)16-14(18)10-5-6-12(15)13(17)8-10/h2-8,17H,1H3,(H,16,18). The first-order valence-electron chi connectivity index (χ1n) is 5.43. The van der Waals surface area contributed by atoms with E-state index in [1.54, 1.807) is 12.1 Å². The number of carbonyl (C=O) groups is 1. The van der Waals surface area contributed by atoms with E-state index in [0.717, 1.165) is 11.3 Å². The van der Waals surface area contributed by atoms with Gasteiger partial charge in [-0.05, 0) is 58.7 Å². The molecule has 0 aliphatic rings. The topological polar surface area (TPSA) is 49.3 Å². The number of benzene rings is 2. The summed E-state index contributed by atoms with van der Waals surface area (Å²) in [4.78, 5) is 12.0. The molecule has 92 valence electrons. The molecular formula is C14H12BrNO2. The van der Waals surface area contributed by atoms with Crippen LogP contribution in [-0.4, -0.2) is 11.0 Å². The van der Waals surface area contributed by atoms with Gasteiger partial charge in [-0.25, -0.2) is 0 Å². The fraction of sp³-hybridized carbons (Fsp3) is 0.0714. The maximum Gasteiger partial charge on any atom is 0.255 e. The zero-order valence-electron chi connectivity index (χ0n) is 9.77. The van der Waals surface area contributed by atoms with Crippen LogP contribution in [0.15, 0.2) is 46.9 Å². The van der Waals surface area contributed by atoms with E-state index in [0.29, 0.717) is 10.0 Å². The number of amides is 1. The van der Waals surface area contributed by atoms with Crippen LogP contribution in [0.3, 0.4) is 0 Å². The van der Waals surface area contributed by atoms with E-state index >= 15 is 0 Å². The third-order valence-corrected chi connectivity index (χ3v) is 3.15. The SMILES string of the molecule is Cc1cccc(NC(=O)c2ccc(Br)c(O)c2)c1. The van der Waals surface area contributed by atoms with Gasteiger partial charge in [-0.3, -0.25) is 4.79 Å². The highest BCUT2D eigenvalue weighted by atomic mass is 79.9. The molecule has 2 aromatic rings. The summed E-state index contributed by atoms with van der Waals surface area (Å²) in [5.41, 5.74) is 2.23. The smallest absolute Gasteiger partial charge is 0.255 e. The van der Waals surface area contributed by atoms with Crippen molar-refractivity contribution in [2.24, 2.45) is 0 Å². The minimum Gasteiger partial charge on any atom is -0.507 e. The van der Waals surface area contributed by atoms with Crippen molar-refractivity contribution < 1.29 is 9.90 Å². The minimum absolute atomic E-state index is 0.0480. The highest BCUT2D eigenvalue weighted by molar-refractivity contribution is 9.10. The number of aromatic hydroxyl groups is 1. The fourth-order valence-electron chi connectivity index (χ4n) is 1.58. The molecule has 0 unspecified atom stereocenters. The van der Waals surface area contributed by atoms with Crippen molar-refractivity contribution in [2.45, 2.75) is 6.92 Å². The van der Waals surface area contributed by atoms with Gasteiger partial charge in [0.05, 0.1) is 4.47 Å². The van der Waals surface area contributed by atoms with Crippen molar-refractivity contribution in [2.75, 3.05) is 5.32 Å². The van der Waals surface area contributed by atoms with Gasteiger partial charge in [0, 0.05) is 11.3 Å². The van der Waals surface area contributed by atoms with Gasteiger partial charge in [0.25, 0.3) is 5.91 Å². The first kappa shape index (κ1) is 12.6. The number of phenolic OH excluding ortho intramolecular Hbond substituents is 1. The van der Waals surface area contributed by atoms with E-state index in [1.165, 1.54) is 6.07 Å². The van der Waals surface area contributed by atoms with Crippen LogP contribution < -0.4 is 5.32 Å². The van der Waals surface area contributed by atoms with Gasteiger partial charge in [0.1, 0.15) is 5.75 Å². The number of carbonyl (C=O) groups excluding carboxylic acids is 1. The monoisotopic (exact) mass is 305 g/mol. The summed E-state index contributed by atoms with van der Waals surface area (Å²) in [6.45, 7) is 1.96. The first-order valence-corrected chi connectivity index (χ1v) is 6.22. The third kappa shape index (κ3) is 2.90. The van der Waals surface area contributed by atoms with E-state index < -0.39 is 0 Å².